The van der Waals surface area contributed by atoms with Crippen molar-refractivity contribution in [1.29, 1.82) is 0 Å². The Bertz CT molecular complexity index is 590. The number of nitrogens with zero attached hydrogens (tertiary/aromatic N) is 1. The first-order valence-electron chi connectivity index (χ1n) is 6.85. The molecule has 0 saturated carbocycles. The van der Waals surface area contributed by atoms with Gasteiger partial charge in [-0.2, -0.15) is 0 Å². The summed E-state index contributed by atoms with van der Waals surface area (Å²) >= 11 is 1.55. The zero-order chi connectivity index (χ0) is 14.5. The highest BCUT2D eigenvalue weighted by atomic mass is 32.1. The van der Waals surface area contributed by atoms with Gasteiger partial charge in [0.15, 0.2) is 5.13 Å². The number of hydrogen-bond acceptors (Lipinski definition) is 3. The van der Waals surface area contributed by atoms with Crippen LogP contribution in [0.25, 0.3) is 0 Å². The minimum atomic E-state index is -0.0736. The fourth-order valence-corrected chi connectivity index (χ4v) is 2.86. The molecular weight excluding hydrogens is 268 g/mol. The summed E-state index contributed by atoms with van der Waals surface area (Å²) in [5, 5.41) is 3.40. The predicted molar refractivity (Wildman–Crippen MR) is 84.4 cm³/mol. The Morgan fingerprint density at radius 3 is 2.85 bits per heavy atom. The number of rotatable bonds is 5. The molecule has 4 heteroatoms. The molecular formula is C16H20N2OS. The molecule has 0 spiro atoms. The molecule has 2 rings (SSSR count). The SMILES string of the molecule is CC(=O)Nc1ncc(CCc2cccc(C(C)C)c2)s1. The lowest BCUT2D eigenvalue weighted by molar-refractivity contribution is -0.114. The van der Waals surface area contributed by atoms with E-state index in [4.69, 9.17) is 0 Å². The van der Waals surface area contributed by atoms with Crippen molar-refractivity contribution in [3.8, 4) is 0 Å². The number of nitrogens with one attached hydrogen (secondary N) is 1. The smallest absolute Gasteiger partial charge is 0.223 e. The topological polar surface area (TPSA) is 42.0 Å². The first kappa shape index (κ1) is 14.7. The number of aryl methyl sites for hydroxylation is 2. The fourth-order valence-electron chi connectivity index (χ4n) is 2.01. The van der Waals surface area contributed by atoms with Crippen LogP contribution in [0, 0.1) is 0 Å². The van der Waals surface area contributed by atoms with E-state index in [1.807, 2.05) is 6.20 Å². The third-order valence-corrected chi connectivity index (χ3v) is 4.09. The van der Waals surface area contributed by atoms with Crippen LogP contribution in [0.15, 0.2) is 30.5 Å². The van der Waals surface area contributed by atoms with Gasteiger partial charge < -0.3 is 5.32 Å². The molecule has 0 aliphatic carbocycles. The maximum absolute atomic E-state index is 11.0. The van der Waals surface area contributed by atoms with E-state index in [-0.39, 0.29) is 5.91 Å². The average Bonchev–Trinajstić information content (AvgIpc) is 2.83. The van der Waals surface area contributed by atoms with Crippen molar-refractivity contribution in [1.82, 2.24) is 4.98 Å². The molecule has 0 bridgehead atoms. The molecule has 106 valence electrons. The molecule has 0 fully saturated rings. The molecule has 0 aliphatic heterocycles. The van der Waals surface area contributed by atoms with Crippen LogP contribution in [0.2, 0.25) is 0 Å². The Kier molecular flexibility index (Phi) is 4.90. The summed E-state index contributed by atoms with van der Waals surface area (Å²) in [5.41, 5.74) is 2.73. The number of carbonyl (C=O) groups excluding carboxylic acids is 1. The monoisotopic (exact) mass is 288 g/mol. The fraction of sp³-hybridized carbons (Fsp3) is 0.375. The average molecular weight is 288 g/mol. The second-order valence-electron chi connectivity index (χ2n) is 5.21. The van der Waals surface area contributed by atoms with Crippen molar-refractivity contribution in [2.45, 2.75) is 39.5 Å². The molecule has 1 aromatic heterocycles. The first-order chi connectivity index (χ1) is 9.54. The maximum Gasteiger partial charge on any atom is 0.223 e. The lowest BCUT2D eigenvalue weighted by Gasteiger charge is -2.07. The molecule has 1 aromatic carbocycles. The van der Waals surface area contributed by atoms with Gasteiger partial charge >= 0.3 is 0 Å². The van der Waals surface area contributed by atoms with E-state index in [1.54, 1.807) is 11.3 Å². The molecule has 20 heavy (non-hydrogen) atoms. The summed E-state index contributed by atoms with van der Waals surface area (Å²) in [5.74, 6) is 0.486. The summed E-state index contributed by atoms with van der Waals surface area (Å²) in [7, 11) is 0. The van der Waals surface area contributed by atoms with Crippen molar-refractivity contribution >= 4 is 22.4 Å². The lowest BCUT2D eigenvalue weighted by Crippen LogP contribution is -2.04. The summed E-state index contributed by atoms with van der Waals surface area (Å²) in [4.78, 5) is 16.4. The zero-order valence-corrected chi connectivity index (χ0v) is 13.0. The Morgan fingerprint density at radius 1 is 1.35 bits per heavy atom. The number of hydrogen-bond donors (Lipinski definition) is 1. The molecule has 0 saturated heterocycles. The lowest BCUT2D eigenvalue weighted by atomic mass is 9.99. The molecule has 2 aromatic rings. The van der Waals surface area contributed by atoms with E-state index in [0.29, 0.717) is 11.0 Å². The molecule has 1 N–H and O–H groups in total. The number of amides is 1. The van der Waals surface area contributed by atoms with Gasteiger partial charge in [-0.25, -0.2) is 4.98 Å². The zero-order valence-electron chi connectivity index (χ0n) is 12.1. The minimum absolute atomic E-state index is 0.0736. The summed E-state index contributed by atoms with van der Waals surface area (Å²) < 4.78 is 0. The molecule has 3 nitrogen and oxygen atoms in total. The Morgan fingerprint density at radius 2 is 2.15 bits per heavy atom. The van der Waals surface area contributed by atoms with Crippen molar-refractivity contribution in [3.63, 3.8) is 0 Å². The standard InChI is InChI=1S/C16H20N2OS/c1-11(2)14-6-4-5-13(9-14)7-8-15-10-17-16(20-15)18-12(3)19/h4-6,9-11H,7-8H2,1-3H3,(H,17,18,19). The van der Waals surface area contributed by atoms with Crippen LogP contribution in [0.3, 0.4) is 0 Å². The van der Waals surface area contributed by atoms with E-state index in [0.717, 1.165) is 12.8 Å². The van der Waals surface area contributed by atoms with Gasteiger partial charge in [-0.05, 0) is 29.9 Å². The van der Waals surface area contributed by atoms with E-state index >= 15 is 0 Å². The molecule has 0 unspecified atom stereocenters. The quantitative estimate of drug-likeness (QED) is 0.903. The van der Waals surface area contributed by atoms with Gasteiger partial charge in [0.1, 0.15) is 0 Å². The van der Waals surface area contributed by atoms with Crippen LogP contribution in [0.5, 0.6) is 0 Å². The number of carbonyl (C=O) groups is 1. The van der Waals surface area contributed by atoms with Crippen molar-refractivity contribution in [2.24, 2.45) is 0 Å². The van der Waals surface area contributed by atoms with Gasteiger partial charge in [0, 0.05) is 18.0 Å². The molecule has 0 atom stereocenters. The number of benzene rings is 1. The first-order valence-corrected chi connectivity index (χ1v) is 7.67. The number of thiazole rings is 1. The highest BCUT2D eigenvalue weighted by Gasteiger charge is 2.05. The van der Waals surface area contributed by atoms with Gasteiger partial charge in [0.05, 0.1) is 0 Å². The van der Waals surface area contributed by atoms with Crippen LogP contribution < -0.4 is 5.32 Å². The molecule has 1 amide bonds. The van der Waals surface area contributed by atoms with Crippen LogP contribution >= 0.6 is 11.3 Å². The van der Waals surface area contributed by atoms with Crippen LogP contribution in [0.1, 0.15) is 42.7 Å². The minimum Gasteiger partial charge on any atom is -0.302 e. The number of aromatic nitrogens is 1. The normalized spacial score (nSPS) is 10.8. The summed E-state index contributed by atoms with van der Waals surface area (Å²) in [6, 6.07) is 8.75. The Balaban J connectivity index is 1.96. The summed E-state index contributed by atoms with van der Waals surface area (Å²) in [6.07, 6.45) is 3.81. The third kappa shape index (κ3) is 4.17. The largest absolute Gasteiger partial charge is 0.302 e. The van der Waals surface area contributed by atoms with Crippen molar-refractivity contribution < 1.29 is 4.79 Å². The Labute approximate surface area is 124 Å². The maximum atomic E-state index is 11.0. The van der Waals surface area contributed by atoms with Gasteiger partial charge in [-0.1, -0.05) is 38.1 Å². The van der Waals surface area contributed by atoms with E-state index in [9.17, 15) is 4.79 Å². The van der Waals surface area contributed by atoms with Crippen LogP contribution in [-0.2, 0) is 17.6 Å². The highest BCUT2D eigenvalue weighted by molar-refractivity contribution is 7.15. The van der Waals surface area contributed by atoms with Gasteiger partial charge in [0.25, 0.3) is 0 Å². The van der Waals surface area contributed by atoms with Crippen molar-refractivity contribution in [3.05, 3.63) is 46.5 Å². The second-order valence-corrected chi connectivity index (χ2v) is 6.33. The third-order valence-electron chi connectivity index (χ3n) is 3.11. The van der Waals surface area contributed by atoms with Crippen LogP contribution in [-0.4, -0.2) is 10.9 Å². The molecule has 1 heterocycles. The van der Waals surface area contributed by atoms with E-state index in [2.05, 4.69) is 48.4 Å². The Hall–Kier alpha value is -1.68. The second kappa shape index (κ2) is 6.66. The van der Waals surface area contributed by atoms with E-state index in [1.165, 1.54) is 22.9 Å². The predicted octanol–water partition coefficient (Wildman–Crippen LogP) is 4.01. The molecule has 0 radical (unpaired) electrons. The number of anilines is 1. The summed E-state index contributed by atoms with van der Waals surface area (Å²) in [6.45, 7) is 5.92. The van der Waals surface area contributed by atoms with E-state index < -0.39 is 0 Å². The van der Waals surface area contributed by atoms with Crippen LogP contribution in [0.4, 0.5) is 5.13 Å². The van der Waals surface area contributed by atoms with Gasteiger partial charge in [-0.15, -0.1) is 11.3 Å². The highest BCUT2D eigenvalue weighted by Crippen LogP contribution is 2.21. The van der Waals surface area contributed by atoms with Gasteiger partial charge in [0.2, 0.25) is 5.91 Å². The van der Waals surface area contributed by atoms with Crippen molar-refractivity contribution in [2.75, 3.05) is 5.32 Å². The van der Waals surface area contributed by atoms with Gasteiger partial charge in [-0.3, -0.25) is 4.79 Å². The molecule has 0 aliphatic rings.